The standard InChI is InChI=1S/C31H26N2O5/c1-19-10-12-25(34)24(15-19)33-28(23-9-6-14-32-17-23)27(30(36)31(33)37)29(35)22-11-13-26(20(2)16-22)38-18-21-7-4-3-5-8-21/h3-17,28,34-35H,18H2,1-2H3/b29-27-. The molecule has 0 aliphatic carbocycles. The van der Waals surface area contributed by atoms with E-state index in [0.717, 1.165) is 16.7 Å². The van der Waals surface area contributed by atoms with E-state index in [4.69, 9.17) is 4.74 Å². The van der Waals surface area contributed by atoms with Crippen molar-refractivity contribution in [3.05, 3.63) is 125 Å². The molecule has 7 nitrogen and oxygen atoms in total. The van der Waals surface area contributed by atoms with Gasteiger partial charge < -0.3 is 14.9 Å². The van der Waals surface area contributed by atoms with Crippen molar-refractivity contribution in [3.63, 3.8) is 0 Å². The smallest absolute Gasteiger partial charge is 0.300 e. The summed E-state index contributed by atoms with van der Waals surface area (Å²) in [5.74, 6) is -1.52. The number of ether oxygens (including phenoxy) is 1. The van der Waals surface area contributed by atoms with Crippen molar-refractivity contribution in [2.24, 2.45) is 0 Å². The minimum absolute atomic E-state index is 0.0822. The van der Waals surface area contributed by atoms with Gasteiger partial charge in [-0.1, -0.05) is 42.5 Å². The molecule has 1 atom stereocenters. The van der Waals surface area contributed by atoms with Crippen LogP contribution in [-0.4, -0.2) is 26.9 Å². The number of aliphatic hydroxyl groups excluding tert-OH is 1. The van der Waals surface area contributed by atoms with Gasteiger partial charge in [-0.3, -0.25) is 19.5 Å². The summed E-state index contributed by atoms with van der Waals surface area (Å²) in [6, 6.07) is 22.1. The number of anilines is 1. The van der Waals surface area contributed by atoms with Gasteiger partial charge in [0.2, 0.25) is 0 Å². The van der Waals surface area contributed by atoms with E-state index in [1.165, 1.54) is 17.2 Å². The first-order valence-corrected chi connectivity index (χ1v) is 12.1. The SMILES string of the molecule is Cc1ccc(O)c(N2C(=O)C(=O)/C(=C(\O)c3ccc(OCc4ccccc4)c(C)c3)C2c2cccnc2)c1. The first-order valence-electron chi connectivity index (χ1n) is 12.1. The van der Waals surface area contributed by atoms with Crippen molar-refractivity contribution in [3.8, 4) is 11.5 Å². The lowest BCUT2D eigenvalue weighted by Gasteiger charge is -2.26. The average Bonchev–Trinajstić information content (AvgIpc) is 3.20. The van der Waals surface area contributed by atoms with Crippen LogP contribution in [0, 0.1) is 13.8 Å². The minimum Gasteiger partial charge on any atom is -0.507 e. The maximum Gasteiger partial charge on any atom is 0.300 e. The van der Waals surface area contributed by atoms with E-state index in [2.05, 4.69) is 4.98 Å². The summed E-state index contributed by atoms with van der Waals surface area (Å²) in [4.78, 5) is 32.1. The molecule has 0 spiro atoms. The number of phenols is 1. The largest absolute Gasteiger partial charge is 0.507 e. The fraction of sp³-hybridized carbons (Fsp3) is 0.129. The summed E-state index contributed by atoms with van der Waals surface area (Å²) in [5, 5.41) is 22.0. The third-order valence-corrected chi connectivity index (χ3v) is 6.52. The number of aromatic nitrogens is 1. The van der Waals surface area contributed by atoms with E-state index in [9.17, 15) is 19.8 Å². The molecule has 1 aliphatic heterocycles. The van der Waals surface area contributed by atoms with Gasteiger partial charge in [0.1, 0.15) is 23.9 Å². The van der Waals surface area contributed by atoms with E-state index in [-0.39, 0.29) is 22.8 Å². The van der Waals surface area contributed by atoms with Crippen LogP contribution in [-0.2, 0) is 16.2 Å². The van der Waals surface area contributed by atoms with Crippen LogP contribution in [0.1, 0.15) is 33.9 Å². The molecule has 1 aliphatic rings. The van der Waals surface area contributed by atoms with Crippen molar-refractivity contribution < 1.29 is 24.5 Å². The molecule has 1 unspecified atom stereocenters. The number of aliphatic hydroxyl groups is 1. The molecule has 7 heteroatoms. The third kappa shape index (κ3) is 4.62. The van der Waals surface area contributed by atoms with Gasteiger partial charge in [0, 0.05) is 18.0 Å². The Morgan fingerprint density at radius 2 is 1.76 bits per heavy atom. The number of phenolic OH excluding ortho intramolecular Hbond substituents is 1. The van der Waals surface area contributed by atoms with Gasteiger partial charge in [0.15, 0.2) is 0 Å². The molecule has 5 rings (SSSR count). The number of rotatable bonds is 6. The topological polar surface area (TPSA) is 100.0 Å². The van der Waals surface area contributed by atoms with Crippen LogP contribution < -0.4 is 9.64 Å². The highest BCUT2D eigenvalue weighted by atomic mass is 16.5. The van der Waals surface area contributed by atoms with Crippen LogP contribution in [0.25, 0.3) is 5.76 Å². The number of pyridine rings is 1. The molecule has 4 aromatic rings. The Hall–Kier alpha value is -4.91. The summed E-state index contributed by atoms with van der Waals surface area (Å²) in [7, 11) is 0. The van der Waals surface area contributed by atoms with E-state index >= 15 is 0 Å². The summed E-state index contributed by atoms with van der Waals surface area (Å²) < 4.78 is 5.95. The quantitative estimate of drug-likeness (QED) is 0.200. The Bertz CT molecular complexity index is 1550. The minimum atomic E-state index is -0.981. The molecule has 190 valence electrons. The highest BCUT2D eigenvalue weighted by molar-refractivity contribution is 6.51. The molecule has 1 fully saturated rings. The number of aromatic hydroxyl groups is 1. The van der Waals surface area contributed by atoms with Gasteiger partial charge in [-0.2, -0.15) is 0 Å². The Kier molecular flexibility index (Phi) is 6.66. The van der Waals surface area contributed by atoms with E-state index in [1.807, 2.05) is 44.2 Å². The van der Waals surface area contributed by atoms with Crippen LogP contribution in [0.5, 0.6) is 11.5 Å². The molecule has 2 heterocycles. The molecule has 0 radical (unpaired) electrons. The van der Waals surface area contributed by atoms with Gasteiger partial charge >= 0.3 is 0 Å². The number of benzene rings is 3. The molecule has 3 aromatic carbocycles. The first kappa shape index (κ1) is 24.8. The van der Waals surface area contributed by atoms with Crippen molar-refractivity contribution in [2.75, 3.05) is 4.90 Å². The molecule has 2 N–H and O–H groups in total. The maximum absolute atomic E-state index is 13.4. The van der Waals surface area contributed by atoms with E-state index in [0.29, 0.717) is 23.5 Å². The van der Waals surface area contributed by atoms with Crippen LogP contribution in [0.4, 0.5) is 5.69 Å². The van der Waals surface area contributed by atoms with Gasteiger partial charge in [-0.05, 0) is 72.5 Å². The van der Waals surface area contributed by atoms with Crippen molar-refractivity contribution in [1.29, 1.82) is 0 Å². The first-order chi connectivity index (χ1) is 18.3. The second-order valence-electron chi connectivity index (χ2n) is 9.20. The molecular formula is C31H26N2O5. The van der Waals surface area contributed by atoms with Gasteiger partial charge in [0.25, 0.3) is 11.7 Å². The number of aryl methyl sites for hydroxylation is 2. The lowest BCUT2D eigenvalue weighted by Crippen LogP contribution is -2.29. The van der Waals surface area contributed by atoms with Crippen LogP contribution in [0.15, 0.2) is 96.8 Å². The molecule has 0 saturated carbocycles. The molecule has 1 amide bonds. The average molecular weight is 507 g/mol. The molecule has 1 saturated heterocycles. The van der Waals surface area contributed by atoms with Gasteiger partial charge in [-0.15, -0.1) is 0 Å². The molecule has 0 bridgehead atoms. The summed E-state index contributed by atoms with van der Waals surface area (Å²) in [6.45, 7) is 4.06. The van der Waals surface area contributed by atoms with Crippen LogP contribution >= 0.6 is 0 Å². The number of Topliss-reactive ketones (excluding diaryl/α,β-unsaturated/α-hetero) is 1. The second-order valence-corrected chi connectivity index (χ2v) is 9.20. The predicted molar refractivity (Wildman–Crippen MR) is 144 cm³/mol. The zero-order valence-corrected chi connectivity index (χ0v) is 21.0. The van der Waals surface area contributed by atoms with Crippen molar-refractivity contribution in [2.45, 2.75) is 26.5 Å². The normalized spacial score (nSPS) is 16.6. The summed E-state index contributed by atoms with van der Waals surface area (Å²) >= 11 is 0. The van der Waals surface area contributed by atoms with Crippen LogP contribution in [0.3, 0.4) is 0 Å². The fourth-order valence-corrected chi connectivity index (χ4v) is 4.61. The number of amides is 1. The predicted octanol–water partition coefficient (Wildman–Crippen LogP) is 5.61. The number of hydrogen-bond acceptors (Lipinski definition) is 6. The molecular weight excluding hydrogens is 480 g/mol. The Labute approximate surface area is 220 Å². The second kappa shape index (κ2) is 10.2. The van der Waals surface area contributed by atoms with Crippen LogP contribution in [0.2, 0.25) is 0 Å². The Morgan fingerprint density at radius 1 is 0.974 bits per heavy atom. The van der Waals surface area contributed by atoms with E-state index < -0.39 is 17.7 Å². The zero-order chi connectivity index (χ0) is 26.8. The number of hydrogen-bond donors (Lipinski definition) is 2. The zero-order valence-electron chi connectivity index (χ0n) is 21.0. The third-order valence-electron chi connectivity index (χ3n) is 6.52. The van der Waals surface area contributed by atoms with E-state index in [1.54, 1.807) is 48.7 Å². The maximum atomic E-state index is 13.4. The molecule has 38 heavy (non-hydrogen) atoms. The van der Waals surface area contributed by atoms with Crippen molar-refractivity contribution >= 4 is 23.1 Å². The summed E-state index contributed by atoms with van der Waals surface area (Å²) in [6.07, 6.45) is 3.12. The number of carbonyl (C=O) groups is 2. The number of carbonyl (C=O) groups excluding carboxylic acids is 2. The van der Waals surface area contributed by atoms with Crippen molar-refractivity contribution in [1.82, 2.24) is 4.98 Å². The highest BCUT2D eigenvalue weighted by Gasteiger charge is 2.47. The van der Waals surface area contributed by atoms with Gasteiger partial charge in [0.05, 0.1) is 17.3 Å². The monoisotopic (exact) mass is 506 g/mol. The fourth-order valence-electron chi connectivity index (χ4n) is 4.61. The number of nitrogens with zero attached hydrogens (tertiary/aromatic N) is 2. The Balaban J connectivity index is 1.57. The van der Waals surface area contributed by atoms with Gasteiger partial charge in [-0.25, -0.2) is 0 Å². The lowest BCUT2D eigenvalue weighted by atomic mass is 9.95. The summed E-state index contributed by atoms with van der Waals surface area (Å²) in [5.41, 5.74) is 3.57. The Morgan fingerprint density at radius 3 is 2.47 bits per heavy atom. The molecule has 1 aromatic heterocycles. The number of ketones is 1. The highest BCUT2D eigenvalue weighted by Crippen LogP contribution is 2.45. The lowest BCUT2D eigenvalue weighted by molar-refractivity contribution is -0.132.